The van der Waals surface area contributed by atoms with E-state index in [2.05, 4.69) is 40.3 Å². The van der Waals surface area contributed by atoms with Crippen molar-refractivity contribution in [2.75, 3.05) is 25.4 Å². The molecule has 0 saturated carbocycles. The molecule has 5 nitrogen and oxygen atoms in total. The molecule has 1 aliphatic rings. The third-order valence-electron chi connectivity index (χ3n) is 5.39. The standard InChI is InChI=1S/C21H27N5/c1-16-14-21-23-19(15-20(22)26(21)24-16)18-9-12-25(13-10-18)11-5-8-17-6-3-2-4-7-17/h2-4,6-7,14-15,18H,5,8-13,22H2,1H3. The highest BCUT2D eigenvalue weighted by atomic mass is 15.3. The van der Waals surface area contributed by atoms with Gasteiger partial charge in [-0.05, 0) is 57.8 Å². The number of nitrogens with two attached hydrogens (primary N) is 1. The zero-order chi connectivity index (χ0) is 17.9. The second-order valence-corrected chi connectivity index (χ2v) is 7.37. The molecular formula is C21H27N5. The van der Waals surface area contributed by atoms with E-state index in [-0.39, 0.29) is 0 Å². The number of piperidine rings is 1. The first-order chi connectivity index (χ1) is 12.7. The number of anilines is 1. The highest BCUT2D eigenvalue weighted by Gasteiger charge is 2.22. The van der Waals surface area contributed by atoms with E-state index in [1.807, 2.05) is 19.1 Å². The quantitative estimate of drug-likeness (QED) is 0.767. The summed E-state index contributed by atoms with van der Waals surface area (Å²) in [5.41, 5.74) is 10.6. The monoisotopic (exact) mass is 349 g/mol. The molecule has 1 fully saturated rings. The number of fused-ring (bicyclic) bond motifs is 1. The Bertz CT molecular complexity index is 863. The van der Waals surface area contributed by atoms with Gasteiger partial charge in [-0.15, -0.1) is 0 Å². The molecule has 0 aliphatic carbocycles. The number of aromatic nitrogens is 3. The fourth-order valence-corrected chi connectivity index (χ4v) is 3.95. The van der Waals surface area contributed by atoms with Crippen LogP contribution in [0.25, 0.3) is 5.65 Å². The maximum Gasteiger partial charge on any atom is 0.157 e. The van der Waals surface area contributed by atoms with Crippen molar-refractivity contribution in [2.24, 2.45) is 0 Å². The molecule has 3 aromatic rings. The van der Waals surface area contributed by atoms with Crippen LogP contribution in [0.3, 0.4) is 0 Å². The summed E-state index contributed by atoms with van der Waals surface area (Å²) >= 11 is 0. The summed E-state index contributed by atoms with van der Waals surface area (Å²) in [5, 5.41) is 4.39. The van der Waals surface area contributed by atoms with Gasteiger partial charge in [-0.1, -0.05) is 30.3 Å². The molecule has 0 radical (unpaired) electrons. The molecule has 136 valence electrons. The van der Waals surface area contributed by atoms with Crippen LogP contribution < -0.4 is 5.73 Å². The van der Waals surface area contributed by atoms with E-state index in [4.69, 9.17) is 10.7 Å². The molecule has 1 saturated heterocycles. The van der Waals surface area contributed by atoms with Crippen LogP contribution in [-0.4, -0.2) is 39.1 Å². The lowest BCUT2D eigenvalue weighted by molar-refractivity contribution is 0.209. The van der Waals surface area contributed by atoms with E-state index >= 15 is 0 Å². The Kier molecular flexibility index (Phi) is 4.89. The number of nitrogen functional groups attached to an aromatic ring is 1. The first-order valence-electron chi connectivity index (χ1n) is 9.58. The molecule has 5 heteroatoms. The van der Waals surface area contributed by atoms with Crippen LogP contribution >= 0.6 is 0 Å². The number of hydrogen-bond acceptors (Lipinski definition) is 4. The largest absolute Gasteiger partial charge is 0.384 e. The molecule has 0 atom stereocenters. The Morgan fingerprint density at radius 2 is 1.88 bits per heavy atom. The van der Waals surface area contributed by atoms with Gasteiger partial charge in [-0.25, -0.2) is 4.98 Å². The summed E-state index contributed by atoms with van der Waals surface area (Å²) in [4.78, 5) is 7.40. The first-order valence-corrected chi connectivity index (χ1v) is 9.58. The predicted octanol–water partition coefficient (Wildman–Crippen LogP) is 3.43. The normalized spacial score (nSPS) is 16.3. The Morgan fingerprint density at radius 1 is 1.12 bits per heavy atom. The van der Waals surface area contributed by atoms with Crippen LogP contribution in [-0.2, 0) is 6.42 Å². The summed E-state index contributed by atoms with van der Waals surface area (Å²) in [6.45, 7) is 5.44. The first kappa shape index (κ1) is 17.0. The van der Waals surface area contributed by atoms with E-state index in [1.165, 1.54) is 18.5 Å². The molecule has 0 bridgehead atoms. The topological polar surface area (TPSA) is 59.5 Å². The Balaban J connectivity index is 1.32. The minimum absolute atomic E-state index is 0.503. The third-order valence-corrected chi connectivity index (χ3v) is 5.39. The minimum atomic E-state index is 0.503. The van der Waals surface area contributed by atoms with Crippen LogP contribution in [0.5, 0.6) is 0 Å². The van der Waals surface area contributed by atoms with Gasteiger partial charge < -0.3 is 10.6 Å². The van der Waals surface area contributed by atoms with Crippen molar-refractivity contribution in [3.05, 3.63) is 59.4 Å². The van der Waals surface area contributed by atoms with Crippen molar-refractivity contribution in [3.63, 3.8) is 0 Å². The maximum absolute atomic E-state index is 6.18. The molecule has 3 heterocycles. The molecule has 0 spiro atoms. The summed E-state index contributed by atoms with van der Waals surface area (Å²) in [6, 6.07) is 14.8. The maximum atomic E-state index is 6.18. The van der Waals surface area contributed by atoms with E-state index in [1.54, 1.807) is 4.52 Å². The molecule has 2 aromatic heterocycles. The van der Waals surface area contributed by atoms with Crippen molar-refractivity contribution in [1.82, 2.24) is 19.5 Å². The van der Waals surface area contributed by atoms with Crippen molar-refractivity contribution < 1.29 is 0 Å². The van der Waals surface area contributed by atoms with Crippen molar-refractivity contribution in [3.8, 4) is 0 Å². The van der Waals surface area contributed by atoms with Gasteiger partial charge in [-0.2, -0.15) is 9.61 Å². The Labute approximate surface area is 154 Å². The lowest BCUT2D eigenvalue weighted by Crippen LogP contribution is -2.34. The average Bonchev–Trinajstić information content (AvgIpc) is 3.04. The lowest BCUT2D eigenvalue weighted by Gasteiger charge is -2.31. The van der Waals surface area contributed by atoms with Gasteiger partial charge >= 0.3 is 0 Å². The predicted molar refractivity (Wildman–Crippen MR) is 105 cm³/mol. The summed E-state index contributed by atoms with van der Waals surface area (Å²) in [6.07, 6.45) is 4.69. The molecule has 1 aromatic carbocycles. The Hall–Kier alpha value is -2.40. The number of nitrogens with zero attached hydrogens (tertiary/aromatic N) is 4. The van der Waals surface area contributed by atoms with Crippen LogP contribution in [0.15, 0.2) is 42.5 Å². The number of benzene rings is 1. The van der Waals surface area contributed by atoms with Crippen LogP contribution in [0.2, 0.25) is 0 Å². The zero-order valence-corrected chi connectivity index (χ0v) is 15.4. The van der Waals surface area contributed by atoms with Crippen LogP contribution in [0.4, 0.5) is 5.82 Å². The van der Waals surface area contributed by atoms with E-state index in [9.17, 15) is 0 Å². The number of hydrogen-bond donors (Lipinski definition) is 1. The van der Waals surface area contributed by atoms with Gasteiger partial charge in [0, 0.05) is 23.7 Å². The summed E-state index contributed by atoms with van der Waals surface area (Å²) in [7, 11) is 0. The van der Waals surface area contributed by atoms with Gasteiger partial charge in [-0.3, -0.25) is 0 Å². The van der Waals surface area contributed by atoms with Gasteiger partial charge in [0.25, 0.3) is 0 Å². The number of likely N-dealkylation sites (tertiary alicyclic amines) is 1. The smallest absolute Gasteiger partial charge is 0.157 e. The minimum Gasteiger partial charge on any atom is -0.384 e. The van der Waals surface area contributed by atoms with Gasteiger partial charge in [0.05, 0.1) is 5.69 Å². The van der Waals surface area contributed by atoms with E-state index in [0.29, 0.717) is 11.7 Å². The highest BCUT2D eigenvalue weighted by Crippen LogP contribution is 2.28. The molecule has 26 heavy (non-hydrogen) atoms. The van der Waals surface area contributed by atoms with E-state index < -0.39 is 0 Å². The molecular weight excluding hydrogens is 322 g/mol. The van der Waals surface area contributed by atoms with Gasteiger partial charge in [0.15, 0.2) is 5.65 Å². The second kappa shape index (κ2) is 7.46. The van der Waals surface area contributed by atoms with Gasteiger partial charge in [0.2, 0.25) is 0 Å². The molecule has 0 unspecified atom stereocenters. The molecule has 4 rings (SSSR count). The summed E-state index contributed by atoms with van der Waals surface area (Å²) in [5.74, 6) is 1.19. The van der Waals surface area contributed by atoms with E-state index in [0.717, 1.165) is 49.4 Å². The zero-order valence-electron chi connectivity index (χ0n) is 15.4. The number of aryl methyl sites for hydroxylation is 2. The van der Waals surface area contributed by atoms with Crippen molar-refractivity contribution in [2.45, 2.75) is 38.5 Å². The highest BCUT2D eigenvalue weighted by molar-refractivity contribution is 5.48. The SMILES string of the molecule is Cc1cc2nc(C3CCN(CCCc4ccccc4)CC3)cc(N)n2n1. The van der Waals surface area contributed by atoms with Gasteiger partial charge in [0.1, 0.15) is 5.82 Å². The average molecular weight is 349 g/mol. The molecule has 0 amide bonds. The summed E-state index contributed by atoms with van der Waals surface area (Å²) < 4.78 is 1.73. The Morgan fingerprint density at radius 3 is 2.65 bits per heavy atom. The fraction of sp³-hybridized carbons (Fsp3) is 0.429. The van der Waals surface area contributed by atoms with Crippen molar-refractivity contribution >= 4 is 11.5 Å². The fourth-order valence-electron chi connectivity index (χ4n) is 3.95. The molecule has 1 aliphatic heterocycles. The number of rotatable bonds is 5. The van der Waals surface area contributed by atoms with Crippen molar-refractivity contribution in [1.29, 1.82) is 0 Å². The lowest BCUT2D eigenvalue weighted by atomic mass is 9.93. The second-order valence-electron chi connectivity index (χ2n) is 7.37. The molecule has 2 N–H and O–H groups in total. The third kappa shape index (κ3) is 3.73. The van der Waals surface area contributed by atoms with Crippen LogP contribution in [0, 0.1) is 6.92 Å². The van der Waals surface area contributed by atoms with Crippen LogP contribution in [0.1, 0.15) is 42.1 Å².